The summed E-state index contributed by atoms with van der Waals surface area (Å²) in [7, 11) is 0.918. The Labute approximate surface area is 317 Å². The Balaban J connectivity index is 1.63. The summed E-state index contributed by atoms with van der Waals surface area (Å²) < 4.78 is 17.3. The maximum Gasteiger partial charge on any atom is 0.120 e. The van der Waals surface area contributed by atoms with E-state index in [4.69, 9.17) is 14.2 Å². The van der Waals surface area contributed by atoms with Crippen LogP contribution >= 0.6 is 23.1 Å². The van der Waals surface area contributed by atoms with Gasteiger partial charge in [0.25, 0.3) is 0 Å². The van der Waals surface area contributed by atoms with Crippen LogP contribution in [0.15, 0.2) is 194 Å². The third-order valence-electron chi connectivity index (χ3n) is 9.73. The molecule has 0 bridgehead atoms. The summed E-state index contributed by atoms with van der Waals surface area (Å²) in [5, 5.41) is 9.62. The van der Waals surface area contributed by atoms with Crippen LogP contribution in [0.2, 0.25) is 0 Å². The van der Waals surface area contributed by atoms with Gasteiger partial charge in [-0.3, -0.25) is 0 Å². The summed E-state index contributed by atoms with van der Waals surface area (Å²) in [6.07, 6.45) is 0.969. The molecule has 0 radical (unpaired) electrons. The second-order valence-corrected chi connectivity index (χ2v) is 21.3. The molecule has 0 amide bonds. The zero-order valence-corrected chi connectivity index (χ0v) is 33.0. The fraction of sp³-hybridized carbons (Fsp3) is 0.106. The predicted octanol–water partition coefficient (Wildman–Crippen LogP) is 8.60. The molecule has 6 heteroatoms. The summed E-state index contributed by atoms with van der Waals surface area (Å²) >= 11 is 0. The quantitative estimate of drug-likeness (QED) is 0.104. The standard InChI is InChI=1S/C47H44O3P3/c1-48-37-24-30-44(31-25-37)53(45-32-26-38(49-2)27-33-45,46-34-28-39(50-3)29-35-46)47(52(42-20-12-6-13-21-42)43-22-14-7-15-23-43)36-51(40-16-8-4-9-17-40)41-18-10-5-11-19-41/h4-35,47H,36H2,1-3H3/q+1. The molecule has 264 valence electrons. The van der Waals surface area contributed by atoms with Crippen molar-refractivity contribution in [2.75, 3.05) is 27.5 Å². The Kier molecular flexibility index (Phi) is 12.0. The van der Waals surface area contributed by atoms with Crippen LogP contribution in [-0.4, -0.2) is 32.9 Å². The molecule has 0 N–H and O–H groups in total. The summed E-state index contributed by atoms with van der Waals surface area (Å²) in [5.41, 5.74) is 0. The van der Waals surface area contributed by atoms with Crippen LogP contribution in [0.4, 0.5) is 0 Å². The van der Waals surface area contributed by atoms with Gasteiger partial charge in [-0.1, -0.05) is 121 Å². The smallest absolute Gasteiger partial charge is 0.120 e. The average molecular weight is 750 g/mol. The highest BCUT2D eigenvalue weighted by Gasteiger charge is 2.56. The van der Waals surface area contributed by atoms with Gasteiger partial charge >= 0.3 is 0 Å². The Morgan fingerprint density at radius 3 is 0.943 bits per heavy atom. The van der Waals surface area contributed by atoms with Crippen LogP contribution in [0, 0.1) is 0 Å². The van der Waals surface area contributed by atoms with Crippen molar-refractivity contribution in [1.82, 2.24) is 0 Å². The van der Waals surface area contributed by atoms with E-state index in [1.807, 2.05) is 0 Å². The first-order chi connectivity index (χ1) is 26.1. The molecular weight excluding hydrogens is 705 g/mol. The minimum absolute atomic E-state index is 0.170. The highest BCUT2D eigenvalue weighted by Crippen LogP contribution is 2.71. The van der Waals surface area contributed by atoms with Crippen molar-refractivity contribution >= 4 is 60.2 Å². The first-order valence-corrected chi connectivity index (χ1v) is 22.5. The van der Waals surface area contributed by atoms with E-state index in [1.165, 1.54) is 37.1 Å². The van der Waals surface area contributed by atoms with E-state index in [-0.39, 0.29) is 5.40 Å². The molecule has 0 heterocycles. The molecule has 7 aromatic rings. The molecule has 7 rings (SSSR count). The van der Waals surface area contributed by atoms with E-state index in [0.29, 0.717) is 0 Å². The van der Waals surface area contributed by atoms with Crippen LogP contribution in [0.1, 0.15) is 0 Å². The van der Waals surface area contributed by atoms with Crippen molar-refractivity contribution in [2.24, 2.45) is 0 Å². The number of rotatable bonds is 14. The molecule has 3 nitrogen and oxygen atoms in total. The van der Waals surface area contributed by atoms with Crippen molar-refractivity contribution in [3.63, 3.8) is 0 Å². The van der Waals surface area contributed by atoms with Crippen molar-refractivity contribution in [1.29, 1.82) is 0 Å². The lowest BCUT2D eigenvalue weighted by molar-refractivity contribution is 0.415. The van der Waals surface area contributed by atoms with Gasteiger partial charge in [-0.05, 0) is 102 Å². The van der Waals surface area contributed by atoms with Crippen molar-refractivity contribution in [3.05, 3.63) is 194 Å². The van der Waals surface area contributed by atoms with Gasteiger partial charge in [0.15, 0.2) is 0 Å². The minimum atomic E-state index is -2.56. The zero-order chi connectivity index (χ0) is 36.5. The topological polar surface area (TPSA) is 27.7 Å². The van der Waals surface area contributed by atoms with Gasteiger partial charge in [0.1, 0.15) is 45.8 Å². The van der Waals surface area contributed by atoms with E-state index >= 15 is 0 Å². The Morgan fingerprint density at radius 1 is 0.377 bits per heavy atom. The second kappa shape index (κ2) is 17.4. The van der Waals surface area contributed by atoms with Crippen LogP contribution in [0.5, 0.6) is 17.2 Å². The molecule has 53 heavy (non-hydrogen) atoms. The van der Waals surface area contributed by atoms with Gasteiger partial charge in [0, 0.05) is 14.1 Å². The fourth-order valence-corrected chi connectivity index (χ4v) is 21.1. The third-order valence-corrected chi connectivity index (χ3v) is 21.5. The number of methoxy groups -OCH3 is 3. The molecule has 0 spiro atoms. The van der Waals surface area contributed by atoms with E-state index in [1.54, 1.807) is 21.3 Å². The molecule has 0 aromatic heterocycles. The molecule has 0 fully saturated rings. The zero-order valence-electron chi connectivity index (χ0n) is 30.3. The molecule has 0 aliphatic rings. The summed E-state index contributed by atoms with van der Waals surface area (Å²) in [4.78, 5) is 0. The van der Waals surface area contributed by atoms with Crippen LogP contribution in [-0.2, 0) is 0 Å². The average Bonchev–Trinajstić information content (AvgIpc) is 3.25. The van der Waals surface area contributed by atoms with Gasteiger partial charge in [0.05, 0.1) is 21.3 Å². The summed E-state index contributed by atoms with van der Waals surface area (Å²) in [6, 6.07) is 71.6. The van der Waals surface area contributed by atoms with E-state index in [0.717, 1.165) is 23.4 Å². The van der Waals surface area contributed by atoms with E-state index in [9.17, 15) is 0 Å². The normalized spacial score (nSPS) is 12.0. The lowest BCUT2D eigenvalue weighted by Gasteiger charge is -2.41. The molecule has 1 unspecified atom stereocenters. The SMILES string of the molecule is COc1ccc([P+](c2ccc(OC)cc2)(c2ccc(OC)cc2)C(CP(c2ccccc2)c2ccccc2)P(c2ccccc2)c2ccccc2)cc1. The minimum Gasteiger partial charge on any atom is -0.497 e. The monoisotopic (exact) mass is 749 g/mol. The second-order valence-electron chi connectivity index (χ2n) is 12.6. The van der Waals surface area contributed by atoms with E-state index < -0.39 is 23.1 Å². The molecule has 0 saturated heterocycles. The highest BCUT2D eigenvalue weighted by atomic mass is 31.2. The third kappa shape index (κ3) is 7.81. The maximum absolute atomic E-state index is 5.77. The van der Waals surface area contributed by atoms with Crippen molar-refractivity contribution < 1.29 is 14.2 Å². The molecule has 7 aromatic carbocycles. The number of ether oxygens (including phenoxy) is 3. The van der Waals surface area contributed by atoms with Crippen LogP contribution < -0.4 is 51.3 Å². The molecule has 0 aliphatic heterocycles. The number of hydrogen-bond donors (Lipinski definition) is 0. The molecule has 0 aliphatic carbocycles. The molecule has 0 saturated carbocycles. The van der Waals surface area contributed by atoms with Gasteiger partial charge in [-0.25, -0.2) is 0 Å². The highest BCUT2D eigenvalue weighted by molar-refractivity contribution is 8.04. The van der Waals surface area contributed by atoms with Crippen LogP contribution in [0.25, 0.3) is 0 Å². The summed E-state index contributed by atoms with van der Waals surface area (Å²) in [5.74, 6) is 2.53. The van der Waals surface area contributed by atoms with Crippen molar-refractivity contribution in [2.45, 2.75) is 5.40 Å². The number of benzene rings is 7. The van der Waals surface area contributed by atoms with E-state index in [2.05, 4.69) is 194 Å². The lowest BCUT2D eigenvalue weighted by Crippen LogP contribution is -2.42. The van der Waals surface area contributed by atoms with Gasteiger partial charge < -0.3 is 14.2 Å². The Morgan fingerprint density at radius 2 is 0.660 bits per heavy atom. The first kappa shape index (κ1) is 36.6. The summed E-state index contributed by atoms with van der Waals surface area (Å²) in [6.45, 7) is 0. The Bertz CT molecular complexity index is 1950. The lowest BCUT2D eigenvalue weighted by atomic mass is 10.3. The van der Waals surface area contributed by atoms with Gasteiger partial charge in [-0.15, -0.1) is 0 Å². The van der Waals surface area contributed by atoms with Gasteiger partial charge in [-0.2, -0.15) is 0 Å². The first-order valence-electron chi connectivity index (χ1n) is 17.8. The largest absolute Gasteiger partial charge is 0.497 e. The maximum atomic E-state index is 5.77. The van der Waals surface area contributed by atoms with Crippen LogP contribution in [0.3, 0.4) is 0 Å². The van der Waals surface area contributed by atoms with Crippen molar-refractivity contribution in [3.8, 4) is 17.2 Å². The Hall–Kier alpha value is -4.77. The number of hydrogen-bond acceptors (Lipinski definition) is 3. The predicted molar refractivity (Wildman–Crippen MR) is 232 cm³/mol. The molecule has 1 atom stereocenters. The van der Waals surface area contributed by atoms with Gasteiger partial charge in [0.2, 0.25) is 0 Å². The fourth-order valence-electron chi connectivity index (χ4n) is 7.20. The molecular formula is C47H44O3P3+.